The number of aliphatic hydroxyl groups is 1. The van der Waals surface area contributed by atoms with Crippen LogP contribution in [0, 0.1) is 5.92 Å². The van der Waals surface area contributed by atoms with E-state index in [0.29, 0.717) is 24.2 Å². The van der Waals surface area contributed by atoms with Crippen molar-refractivity contribution < 1.29 is 14.4 Å². The lowest BCUT2D eigenvalue weighted by atomic mass is 10.1. The lowest BCUT2D eigenvalue weighted by Crippen LogP contribution is -2.21. The second-order valence-electron chi connectivity index (χ2n) is 5.28. The third-order valence-corrected chi connectivity index (χ3v) is 3.80. The first-order valence-electron chi connectivity index (χ1n) is 7.09. The van der Waals surface area contributed by atoms with Gasteiger partial charge in [-0.15, -0.1) is 0 Å². The molecule has 1 aliphatic rings. The Hall–Kier alpha value is -1.92. The van der Waals surface area contributed by atoms with Gasteiger partial charge in [0.15, 0.2) is 0 Å². The third kappa shape index (κ3) is 3.06. The average molecular weight is 289 g/mol. The normalized spacial score (nSPS) is 19.0. The number of likely N-dealkylation sites (tertiary alicyclic amines) is 1. The topological polar surface area (TPSA) is 71.6 Å². The molecule has 0 spiro atoms. The fourth-order valence-corrected chi connectivity index (χ4v) is 2.65. The number of hydrogen-bond acceptors (Lipinski definition) is 6. The predicted octanol–water partition coefficient (Wildman–Crippen LogP) is 1.56. The molecule has 1 saturated heterocycles. The van der Waals surface area contributed by atoms with Crippen LogP contribution in [0.1, 0.15) is 12.3 Å². The SMILES string of the molecule is COc1ccccc1-c1noc(CN2CCC(CO)C2)n1. The lowest BCUT2D eigenvalue weighted by Gasteiger charge is -2.11. The molecule has 1 N–H and O–H groups in total. The number of aromatic nitrogens is 2. The molecular formula is C15H19N3O3. The van der Waals surface area contributed by atoms with Crippen LogP contribution in [0.15, 0.2) is 28.8 Å². The maximum Gasteiger partial charge on any atom is 0.241 e. The summed E-state index contributed by atoms with van der Waals surface area (Å²) in [6.45, 7) is 2.70. The van der Waals surface area contributed by atoms with E-state index in [-0.39, 0.29) is 6.61 Å². The summed E-state index contributed by atoms with van der Waals surface area (Å²) in [6, 6.07) is 7.60. The number of para-hydroxylation sites is 1. The Kier molecular flexibility index (Phi) is 4.17. The van der Waals surface area contributed by atoms with Crippen LogP contribution in [0.25, 0.3) is 11.4 Å². The van der Waals surface area contributed by atoms with Gasteiger partial charge < -0.3 is 14.4 Å². The van der Waals surface area contributed by atoms with E-state index in [0.717, 1.165) is 30.8 Å². The first kappa shape index (κ1) is 14.0. The summed E-state index contributed by atoms with van der Waals surface area (Å²) in [4.78, 5) is 6.66. The summed E-state index contributed by atoms with van der Waals surface area (Å²) in [5.74, 6) is 2.22. The molecule has 1 atom stereocenters. The van der Waals surface area contributed by atoms with Crippen molar-refractivity contribution in [1.29, 1.82) is 0 Å². The molecule has 1 fully saturated rings. The number of nitrogens with zero attached hydrogens (tertiary/aromatic N) is 3. The van der Waals surface area contributed by atoms with Gasteiger partial charge in [-0.3, -0.25) is 4.90 Å². The minimum Gasteiger partial charge on any atom is -0.496 e. The molecule has 112 valence electrons. The first-order chi connectivity index (χ1) is 10.3. The number of aliphatic hydroxyl groups excluding tert-OH is 1. The summed E-state index contributed by atoms with van der Waals surface area (Å²) in [5.41, 5.74) is 0.824. The summed E-state index contributed by atoms with van der Waals surface area (Å²) in [5, 5.41) is 13.2. The van der Waals surface area contributed by atoms with Crippen molar-refractivity contribution in [2.24, 2.45) is 5.92 Å². The van der Waals surface area contributed by atoms with Gasteiger partial charge in [-0.25, -0.2) is 0 Å². The quantitative estimate of drug-likeness (QED) is 0.900. The van der Waals surface area contributed by atoms with Crippen molar-refractivity contribution in [2.75, 3.05) is 26.8 Å². The summed E-state index contributed by atoms with van der Waals surface area (Å²) >= 11 is 0. The van der Waals surface area contributed by atoms with Crippen molar-refractivity contribution in [3.05, 3.63) is 30.2 Å². The van der Waals surface area contributed by atoms with E-state index < -0.39 is 0 Å². The molecule has 0 amide bonds. The molecule has 0 radical (unpaired) electrons. The van der Waals surface area contributed by atoms with Crippen molar-refractivity contribution in [3.8, 4) is 17.1 Å². The van der Waals surface area contributed by atoms with E-state index in [9.17, 15) is 0 Å². The van der Waals surface area contributed by atoms with Crippen LogP contribution >= 0.6 is 0 Å². The highest BCUT2D eigenvalue weighted by Gasteiger charge is 2.23. The Labute approximate surface area is 123 Å². The van der Waals surface area contributed by atoms with Crippen LogP contribution in [0.5, 0.6) is 5.75 Å². The molecule has 6 heteroatoms. The minimum atomic E-state index is 0.243. The zero-order chi connectivity index (χ0) is 14.7. The highest BCUT2D eigenvalue weighted by molar-refractivity contribution is 5.63. The minimum absolute atomic E-state index is 0.243. The number of benzene rings is 1. The smallest absolute Gasteiger partial charge is 0.241 e. The van der Waals surface area contributed by atoms with Gasteiger partial charge in [0.05, 0.1) is 19.2 Å². The largest absolute Gasteiger partial charge is 0.496 e. The number of hydrogen-bond donors (Lipinski definition) is 1. The zero-order valence-corrected chi connectivity index (χ0v) is 12.0. The monoisotopic (exact) mass is 289 g/mol. The number of ether oxygens (including phenoxy) is 1. The van der Waals surface area contributed by atoms with Gasteiger partial charge in [-0.1, -0.05) is 17.3 Å². The fraction of sp³-hybridized carbons (Fsp3) is 0.467. The molecule has 1 aromatic carbocycles. The molecule has 0 saturated carbocycles. The average Bonchev–Trinajstić information content (AvgIpc) is 3.17. The Bertz CT molecular complexity index is 599. The van der Waals surface area contributed by atoms with Crippen LogP contribution in [0.2, 0.25) is 0 Å². The molecule has 2 heterocycles. The Balaban J connectivity index is 1.72. The maximum absolute atomic E-state index is 9.17. The number of methoxy groups -OCH3 is 1. The molecule has 1 aliphatic heterocycles. The van der Waals surface area contributed by atoms with Crippen molar-refractivity contribution >= 4 is 0 Å². The Morgan fingerprint density at radius 3 is 3.05 bits per heavy atom. The van der Waals surface area contributed by atoms with E-state index in [1.165, 1.54) is 0 Å². The van der Waals surface area contributed by atoms with Gasteiger partial charge in [0.25, 0.3) is 0 Å². The van der Waals surface area contributed by atoms with E-state index in [1.807, 2.05) is 24.3 Å². The molecule has 1 aromatic heterocycles. The van der Waals surface area contributed by atoms with Gasteiger partial charge >= 0.3 is 0 Å². The van der Waals surface area contributed by atoms with Gasteiger partial charge in [-0.2, -0.15) is 4.98 Å². The van der Waals surface area contributed by atoms with Gasteiger partial charge in [0, 0.05) is 13.2 Å². The van der Waals surface area contributed by atoms with Crippen molar-refractivity contribution in [1.82, 2.24) is 15.0 Å². The second kappa shape index (κ2) is 6.24. The molecule has 2 aromatic rings. The molecule has 21 heavy (non-hydrogen) atoms. The number of rotatable bonds is 5. The van der Waals surface area contributed by atoms with E-state index in [4.69, 9.17) is 14.4 Å². The van der Waals surface area contributed by atoms with Crippen molar-refractivity contribution in [3.63, 3.8) is 0 Å². The zero-order valence-electron chi connectivity index (χ0n) is 12.0. The standard InChI is InChI=1S/C15H19N3O3/c1-20-13-5-3-2-4-12(13)15-16-14(21-17-15)9-18-7-6-11(8-18)10-19/h2-5,11,19H,6-10H2,1H3. The Morgan fingerprint density at radius 2 is 2.29 bits per heavy atom. The van der Waals surface area contributed by atoms with Crippen LogP contribution < -0.4 is 4.74 Å². The van der Waals surface area contributed by atoms with Crippen LogP contribution in [0.3, 0.4) is 0 Å². The van der Waals surface area contributed by atoms with E-state index in [1.54, 1.807) is 7.11 Å². The molecule has 3 rings (SSSR count). The first-order valence-corrected chi connectivity index (χ1v) is 7.09. The van der Waals surface area contributed by atoms with Gasteiger partial charge in [-0.05, 0) is 31.0 Å². The molecule has 6 nitrogen and oxygen atoms in total. The summed E-state index contributed by atoms with van der Waals surface area (Å²) in [6.07, 6.45) is 1.02. The van der Waals surface area contributed by atoms with Gasteiger partial charge in [0.1, 0.15) is 5.75 Å². The molecule has 0 aliphatic carbocycles. The van der Waals surface area contributed by atoms with E-state index >= 15 is 0 Å². The second-order valence-corrected chi connectivity index (χ2v) is 5.28. The fourth-order valence-electron chi connectivity index (χ4n) is 2.65. The van der Waals surface area contributed by atoms with Crippen LogP contribution in [-0.4, -0.2) is 47.0 Å². The molecule has 0 bridgehead atoms. The highest BCUT2D eigenvalue weighted by atomic mass is 16.5. The summed E-state index contributed by atoms with van der Waals surface area (Å²) < 4.78 is 10.6. The third-order valence-electron chi connectivity index (χ3n) is 3.80. The highest BCUT2D eigenvalue weighted by Crippen LogP contribution is 2.27. The summed E-state index contributed by atoms with van der Waals surface area (Å²) in [7, 11) is 1.62. The predicted molar refractivity (Wildman–Crippen MR) is 76.8 cm³/mol. The molecule has 1 unspecified atom stereocenters. The lowest BCUT2D eigenvalue weighted by molar-refractivity contribution is 0.211. The van der Waals surface area contributed by atoms with Crippen LogP contribution in [0.4, 0.5) is 0 Å². The Morgan fingerprint density at radius 1 is 1.43 bits per heavy atom. The van der Waals surface area contributed by atoms with Gasteiger partial charge in [0.2, 0.25) is 11.7 Å². The van der Waals surface area contributed by atoms with Crippen molar-refractivity contribution in [2.45, 2.75) is 13.0 Å². The van der Waals surface area contributed by atoms with E-state index in [2.05, 4.69) is 15.0 Å². The maximum atomic E-state index is 9.17. The van der Waals surface area contributed by atoms with Crippen LogP contribution in [-0.2, 0) is 6.54 Å². The molecular weight excluding hydrogens is 270 g/mol.